The smallest absolute Gasteiger partial charge is 0.0428 e. The molecule has 5 rings (SSSR count). The van der Waals surface area contributed by atoms with Crippen LogP contribution in [0.25, 0.3) is 0 Å². The number of nitrogens with zero attached hydrogens (tertiary/aromatic N) is 2. The molecule has 4 fully saturated rings. The Balaban J connectivity index is 1.79. The topological polar surface area (TPSA) is 28.2 Å². The molecular weight excluding hydrogens is 246 g/mol. The van der Waals surface area contributed by atoms with Crippen molar-refractivity contribution in [2.45, 2.75) is 30.7 Å². The molecule has 1 aromatic rings. The van der Waals surface area contributed by atoms with E-state index in [0.29, 0.717) is 11.5 Å². The van der Waals surface area contributed by atoms with Crippen molar-refractivity contribution in [3.05, 3.63) is 29.6 Å². The molecule has 4 aliphatic heterocycles. The van der Waals surface area contributed by atoms with Crippen LogP contribution >= 0.6 is 0 Å². The molecule has 3 heteroatoms. The summed E-state index contributed by atoms with van der Waals surface area (Å²) in [6, 6.07) is 2.19. The average molecular weight is 267 g/mol. The Bertz CT molecular complexity index is 546. The zero-order valence-electron chi connectivity index (χ0n) is 11.8. The highest BCUT2D eigenvalue weighted by molar-refractivity contribution is 5.36. The molecule has 0 radical (unpaired) electrons. The number of terminal acetylenes is 1. The van der Waals surface area contributed by atoms with Gasteiger partial charge in [0.2, 0.25) is 0 Å². The normalized spacial score (nSPS) is 39.0. The van der Waals surface area contributed by atoms with E-state index in [2.05, 4.69) is 27.2 Å². The van der Waals surface area contributed by atoms with E-state index in [9.17, 15) is 0 Å². The Morgan fingerprint density at radius 2 is 2.20 bits per heavy atom. The van der Waals surface area contributed by atoms with Crippen LogP contribution in [0.2, 0.25) is 0 Å². The summed E-state index contributed by atoms with van der Waals surface area (Å²) < 4.78 is 0. The van der Waals surface area contributed by atoms with Crippen LogP contribution in [0.5, 0.6) is 0 Å². The molecule has 1 unspecified atom stereocenters. The van der Waals surface area contributed by atoms with Crippen LogP contribution in [-0.2, 0) is 0 Å². The predicted octanol–water partition coefficient (Wildman–Crippen LogP) is 1.60. The summed E-state index contributed by atoms with van der Waals surface area (Å²) in [7, 11) is 0. The maximum Gasteiger partial charge on any atom is 0.0428 e. The van der Waals surface area contributed by atoms with E-state index >= 15 is 0 Å². The number of hydrogen-bond donors (Lipinski definition) is 1. The van der Waals surface area contributed by atoms with Gasteiger partial charge in [-0.25, -0.2) is 0 Å². The van der Waals surface area contributed by atoms with Gasteiger partial charge in [0.25, 0.3) is 0 Å². The quantitative estimate of drug-likeness (QED) is 0.784. The van der Waals surface area contributed by atoms with Crippen LogP contribution in [0.1, 0.15) is 36.3 Å². The second-order valence-electron chi connectivity index (χ2n) is 6.48. The first-order valence-corrected chi connectivity index (χ1v) is 7.71. The van der Waals surface area contributed by atoms with Crippen LogP contribution in [0.4, 0.5) is 0 Å². The molecule has 1 N–H and O–H groups in total. The summed E-state index contributed by atoms with van der Waals surface area (Å²) in [6.45, 7) is 4.80. The lowest BCUT2D eigenvalue weighted by Gasteiger charge is -2.58. The third-order valence-corrected chi connectivity index (χ3v) is 5.67. The monoisotopic (exact) mass is 267 g/mol. The summed E-state index contributed by atoms with van der Waals surface area (Å²) in [6.07, 6.45) is 13.3. The van der Waals surface area contributed by atoms with Crippen molar-refractivity contribution >= 4 is 0 Å². The molecule has 3 nitrogen and oxygen atoms in total. The van der Waals surface area contributed by atoms with Crippen LogP contribution < -0.4 is 5.32 Å². The summed E-state index contributed by atoms with van der Waals surface area (Å²) in [5, 5.41) is 3.59. The molecule has 20 heavy (non-hydrogen) atoms. The van der Waals surface area contributed by atoms with Crippen LogP contribution in [0.15, 0.2) is 18.5 Å². The van der Waals surface area contributed by atoms with Crippen molar-refractivity contribution in [2.75, 3.05) is 26.2 Å². The Morgan fingerprint density at radius 3 is 2.90 bits per heavy atom. The summed E-state index contributed by atoms with van der Waals surface area (Å²) in [5.74, 6) is 4.14. The van der Waals surface area contributed by atoms with Crippen LogP contribution in [0, 0.1) is 18.3 Å². The van der Waals surface area contributed by atoms with Gasteiger partial charge in [0.1, 0.15) is 0 Å². The van der Waals surface area contributed by atoms with Crippen LogP contribution in [-0.4, -0.2) is 41.6 Å². The number of rotatable bonds is 1. The van der Waals surface area contributed by atoms with Gasteiger partial charge >= 0.3 is 0 Å². The summed E-state index contributed by atoms with van der Waals surface area (Å²) in [5.41, 5.74) is 2.59. The lowest BCUT2D eigenvalue weighted by atomic mass is 9.63. The average Bonchev–Trinajstić information content (AvgIpc) is 2.98. The highest BCUT2D eigenvalue weighted by Gasteiger charge is 2.54. The van der Waals surface area contributed by atoms with E-state index in [0.717, 1.165) is 24.6 Å². The number of hydrogen-bond acceptors (Lipinski definition) is 3. The zero-order valence-corrected chi connectivity index (χ0v) is 11.8. The fourth-order valence-electron chi connectivity index (χ4n) is 4.84. The SMILES string of the molecule is C#Cc1cncc(C2C3CCN(CC3)[C@]23CCNC3)c1. The van der Waals surface area contributed by atoms with Crippen molar-refractivity contribution in [1.82, 2.24) is 15.2 Å². The molecule has 4 saturated heterocycles. The Morgan fingerprint density at radius 1 is 1.35 bits per heavy atom. The number of piperidine rings is 3. The minimum atomic E-state index is 0.316. The Hall–Kier alpha value is -1.37. The highest BCUT2D eigenvalue weighted by atomic mass is 15.3. The second kappa shape index (κ2) is 4.58. The molecule has 4 aliphatic rings. The lowest BCUT2D eigenvalue weighted by Crippen LogP contribution is -2.64. The van der Waals surface area contributed by atoms with E-state index < -0.39 is 0 Å². The van der Waals surface area contributed by atoms with E-state index in [1.165, 1.54) is 37.9 Å². The van der Waals surface area contributed by atoms with Crippen molar-refractivity contribution in [2.24, 2.45) is 5.92 Å². The number of fused-ring (bicyclic) bond motifs is 2. The van der Waals surface area contributed by atoms with Crippen molar-refractivity contribution in [3.63, 3.8) is 0 Å². The first kappa shape index (κ1) is 12.4. The van der Waals surface area contributed by atoms with E-state index in [1.54, 1.807) is 6.20 Å². The molecule has 1 aromatic heterocycles. The van der Waals surface area contributed by atoms with Gasteiger partial charge in [-0.2, -0.15) is 0 Å². The standard InChI is InChI=1S/C17H21N3/c1-2-13-9-15(11-19-10-13)16-14-3-7-20(8-4-14)17(16)5-6-18-12-17/h1,9-11,14,16,18H,3-8,12H2/t16?,17-/m0/s1. The predicted molar refractivity (Wildman–Crippen MR) is 79.4 cm³/mol. The van der Waals surface area contributed by atoms with Crippen molar-refractivity contribution in [1.29, 1.82) is 0 Å². The Kier molecular flexibility index (Phi) is 2.83. The Labute approximate surface area is 120 Å². The minimum absolute atomic E-state index is 0.316. The minimum Gasteiger partial charge on any atom is -0.315 e. The molecule has 5 heterocycles. The number of pyridine rings is 1. The molecule has 2 atom stereocenters. The fraction of sp³-hybridized carbons (Fsp3) is 0.588. The fourth-order valence-corrected chi connectivity index (χ4v) is 4.84. The molecule has 0 saturated carbocycles. The van der Waals surface area contributed by atoms with Gasteiger partial charge in [-0.1, -0.05) is 5.92 Å². The summed E-state index contributed by atoms with van der Waals surface area (Å²) in [4.78, 5) is 7.12. The maximum absolute atomic E-state index is 5.56. The molecular formula is C17H21N3. The van der Waals surface area contributed by atoms with Crippen LogP contribution in [0.3, 0.4) is 0 Å². The molecule has 1 spiro atoms. The van der Waals surface area contributed by atoms with Gasteiger partial charge in [-0.05, 0) is 56.4 Å². The highest BCUT2D eigenvalue weighted by Crippen LogP contribution is 2.52. The van der Waals surface area contributed by atoms with Gasteiger partial charge in [0, 0.05) is 36.0 Å². The largest absolute Gasteiger partial charge is 0.315 e. The van der Waals surface area contributed by atoms with Gasteiger partial charge in [0.15, 0.2) is 0 Å². The van der Waals surface area contributed by atoms with Gasteiger partial charge < -0.3 is 5.32 Å². The molecule has 104 valence electrons. The van der Waals surface area contributed by atoms with Gasteiger partial charge in [-0.15, -0.1) is 6.42 Å². The molecule has 2 bridgehead atoms. The number of nitrogens with one attached hydrogen (secondary N) is 1. The van der Waals surface area contributed by atoms with Crippen molar-refractivity contribution < 1.29 is 0 Å². The van der Waals surface area contributed by atoms with E-state index in [1.807, 2.05) is 6.20 Å². The van der Waals surface area contributed by atoms with Crippen molar-refractivity contribution in [3.8, 4) is 12.3 Å². The summed E-state index contributed by atoms with van der Waals surface area (Å²) >= 11 is 0. The molecule has 0 aromatic carbocycles. The molecule has 0 aliphatic carbocycles. The zero-order chi connectivity index (χ0) is 13.6. The maximum atomic E-state index is 5.56. The molecule has 0 amide bonds. The number of aromatic nitrogens is 1. The first-order valence-electron chi connectivity index (χ1n) is 7.71. The lowest BCUT2D eigenvalue weighted by molar-refractivity contribution is -0.0404. The van der Waals surface area contributed by atoms with Gasteiger partial charge in [0.05, 0.1) is 0 Å². The third-order valence-electron chi connectivity index (χ3n) is 5.67. The van der Waals surface area contributed by atoms with E-state index in [-0.39, 0.29) is 0 Å². The van der Waals surface area contributed by atoms with E-state index in [4.69, 9.17) is 6.42 Å². The third kappa shape index (κ3) is 1.65. The first-order chi connectivity index (χ1) is 9.83. The second-order valence-corrected chi connectivity index (χ2v) is 6.48. The van der Waals surface area contributed by atoms with Gasteiger partial charge in [-0.3, -0.25) is 9.88 Å².